The lowest BCUT2D eigenvalue weighted by molar-refractivity contribution is 0.174. The molecule has 0 amide bonds. The Morgan fingerprint density at radius 1 is 0.969 bits per heavy atom. The van der Waals surface area contributed by atoms with Crippen LogP contribution in [0, 0.1) is 6.92 Å². The van der Waals surface area contributed by atoms with Gasteiger partial charge in [0.2, 0.25) is 6.79 Å². The van der Waals surface area contributed by atoms with Crippen LogP contribution in [-0.2, 0) is 13.1 Å². The molecular formula is C26H23NO5. The van der Waals surface area contributed by atoms with Crippen LogP contribution in [0.2, 0.25) is 0 Å². The van der Waals surface area contributed by atoms with Crippen molar-refractivity contribution in [1.82, 2.24) is 4.90 Å². The summed E-state index contributed by atoms with van der Waals surface area (Å²) in [5, 5.41) is 11.4. The average molecular weight is 429 g/mol. The van der Waals surface area contributed by atoms with Crippen molar-refractivity contribution < 1.29 is 19.0 Å². The van der Waals surface area contributed by atoms with Crippen LogP contribution in [-0.4, -0.2) is 23.8 Å². The molecule has 0 saturated heterocycles. The highest BCUT2D eigenvalue weighted by Crippen LogP contribution is 2.38. The maximum atomic E-state index is 13.1. The number of phenols is 1. The van der Waals surface area contributed by atoms with Gasteiger partial charge in [-0.25, -0.2) is 4.79 Å². The van der Waals surface area contributed by atoms with Gasteiger partial charge < -0.3 is 19.0 Å². The molecule has 1 aliphatic rings. The maximum absolute atomic E-state index is 13.1. The summed E-state index contributed by atoms with van der Waals surface area (Å²) in [5.41, 5.74) is 3.70. The van der Waals surface area contributed by atoms with Gasteiger partial charge in [0.1, 0.15) is 11.3 Å². The molecule has 1 aliphatic heterocycles. The number of aryl methyl sites for hydroxylation is 1. The van der Waals surface area contributed by atoms with Gasteiger partial charge >= 0.3 is 5.63 Å². The van der Waals surface area contributed by atoms with Gasteiger partial charge in [0.15, 0.2) is 11.5 Å². The van der Waals surface area contributed by atoms with Gasteiger partial charge in [0, 0.05) is 18.5 Å². The molecule has 32 heavy (non-hydrogen) atoms. The van der Waals surface area contributed by atoms with Gasteiger partial charge in [-0.05, 0) is 54.9 Å². The molecule has 0 unspecified atom stereocenters. The summed E-state index contributed by atoms with van der Waals surface area (Å²) in [5.74, 6) is 1.37. The summed E-state index contributed by atoms with van der Waals surface area (Å²) in [6, 6.07) is 19.0. The summed E-state index contributed by atoms with van der Waals surface area (Å²) < 4.78 is 16.6. The molecule has 4 aromatic rings. The van der Waals surface area contributed by atoms with Crippen molar-refractivity contribution >= 4 is 11.0 Å². The Labute approximate surface area is 185 Å². The van der Waals surface area contributed by atoms with Crippen molar-refractivity contribution in [2.75, 3.05) is 13.8 Å². The number of phenolic OH excluding ortho intramolecular Hbond substituents is 1. The smallest absolute Gasteiger partial charge is 0.344 e. The van der Waals surface area contributed by atoms with Crippen LogP contribution in [0.25, 0.3) is 22.1 Å². The van der Waals surface area contributed by atoms with E-state index in [1.807, 2.05) is 38.2 Å². The number of hydrogen-bond acceptors (Lipinski definition) is 6. The van der Waals surface area contributed by atoms with Crippen LogP contribution in [0.5, 0.6) is 17.2 Å². The summed E-state index contributed by atoms with van der Waals surface area (Å²) in [4.78, 5) is 15.1. The first-order chi connectivity index (χ1) is 15.5. The number of rotatable bonds is 5. The van der Waals surface area contributed by atoms with E-state index in [-0.39, 0.29) is 12.5 Å². The number of hydrogen-bond donors (Lipinski definition) is 1. The van der Waals surface area contributed by atoms with Crippen LogP contribution in [0.15, 0.2) is 69.9 Å². The quantitative estimate of drug-likeness (QED) is 0.458. The molecule has 0 saturated carbocycles. The van der Waals surface area contributed by atoms with Crippen molar-refractivity contribution in [3.8, 4) is 28.4 Å². The van der Waals surface area contributed by atoms with E-state index in [1.165, 1.54) is 0 Å². The maximum Gasteiger partial charge on any atom is 0.344 e. The molecule has 0 aliphatic carbocycles. The molecule has 0 fully saturated rings. The predicted octanol–water partition coefficient (Wildman–Crippen LogP) is 4.83. The van der Waals surface area contributed by atoms with E-state index in [1.54, 1.807) is 24.3 Å². The molecule has 5 rings (SSSR count). The minimum Gasteiger partial charge on any atom is -0.507 e. The molecular weight excluding hydrogens is 406 g/mol. The van der Waals surface area contributed by atoms with Crippen molar-refractivity contribution in [2.24, 2.45) is 0 Å². The molecule has 162 valence electrons. The third-order valence-corrected chi connectivity index (χ3v) is 5.80. The zero-order valence-corrected chi connectivity index (χ0v) is 17.9. The van der Waals surface area contributed by atoms with Crippen LogP contribution in [0.4, 0.5) is 0 Å². The molecule has 0 bridgehead atoms. The number of benzene rings is 3. The zero-order chi connectivity index (χ0) is 22.2. The normalized spacial score (nSPS) is 12.6. The molecule has 1 N–H and O–H groups in total. The highest BCUT2D eigenvalue weighted by atomic mass is 16.7. The number of aromatic hydroxyl groups is 1. The van der Waals surface area contributed by atoms with E-state index >= 15 is 0 Å². The lowest BCUT2D eigenvalue weighted by Gasteiger charge is -2.19. The second-order valence-electron chi connectivity index (χ2n) is 8.06. The minimum atomic E-state index is -0.452. The number of ether oxygens (including phenoxy) is 2. The summed E-state index contributed by atoms with van der Waals surface area (Å²) in [6.45, 7) is 3.20. The van der Waals surface area contributed by atoms with Crippen molar-refractivity contribution in [2.45, 2.75) is 20.0 Å². The molecule has 0 spiro atoms. The minimum absolute atomic E-state index is 0.107. The first-order valence-corrected chi connectivity index (χ1v) is 10.4. The van der Waals surface area contributed by atoms with E-state index in [0.29, 0.717) is 46.9 Å². The van der Waals surface area contributed by atoms with Crippen molar-refractivity contribution in [1.29, 1.82) is 0 Å². The van der Waals surface area contributed by atoms with E-state index in [0.717, 1.165) is 16.5 Å². The first kappa shape index (κ1) is 20.2. The van der Waals surface area contributed by atoms with Crippen molar-refractivity contribution in [3.63, 3.8) is 0 Å². The molecule has 0 atom stereocenters. The van der Waals surface area contributed by atoms with Crippen LogP contribution < -0.4 is 15.1 Å². The van der Waals surface area contributed by atoms with Crippen LogP contribution >= 0.6 is 0 Å². The van der Waals surface area contributed by atoms with E-state index in [4.69, 9.17) is 13.9 Å². The van der Waals surface area contributed by atoms with Crippen LogP contribution in [0.3, 0.4) is 0 Å². The van der Waals surface area contributed by atoms with E-state index < -0.39 is 5.63 Å². The average Bonchev–Trinajstić information content (AvgIpc) is 3.24. The second kappa shape index (κ2) is 8.05. The Bertz CT molecular complexity index is 1360. The first-order valence-electron chi connectivity index (χ1n) is 10.4. The fraction of sp³-hybridized carbons (Fsp3) is 0.192. The summed E-state index contributed by atoms with van der Waals surface area (Å²) >= 11 is 0. The van der Waals surface area contributed by atoms with Gasteiger partial charge in [-0.1, -0.05) is 36.4 Å². The SMILES string of the molecule is Cc1c(-c2ccc3c(c2)OCO3)c(=O)oc2c(CN(C)Cc3ccccc3)c(O)ccc12. The Morgan fingerprint density at radius 3 is 2.56 bits per heavy atom. The van der Waals surface area contributed by atoms with Gasteiger partial charge in [-0.15, -0.1) is 0 Å². The monoisotopic (exact) mass is 429 g/mol. The van der Waals surface area contributed by atoms with Crippen LogP contribution in [0.1, 0.15) is 16.7 Å². The lowest BCUT2D eigenvalue weighted by atomic mass is 9.97. The molecule has 3 aromatic carbocycles. The predicted molar refractivity (Wildman–Crippen MR) is 122 cm³/mol. The highest BCUT2D eigenvalue weighted by molar-refractivity contribution is 5.90. The Hall–Kier alpha value is -3.77. The van der Waals surface area contributed by atoms with Gasteiger partial charge in [-0.2, -0.15) is 0 Å². The summed E-state index contributed by atoms with van der Waals surface area (Å²) in [7, 11) is 1.97. The number of nitrogens with zero attached hydrogens (tertiary/aromatic N) is 1. The fourth-order valence-corrected chi connectivity index (χ4v) is 4.22. The molecule has 6 nitrogen and oxygen atoms in total. The Morgan fingerprint density at radius 2 is 1.75 bits per heavy atom. The number of fused-ring (bicyclic) bond motifs is 2. The lowest BCUT2D eigenvalue weighted by Crippen LogP contribution is -2.18. The van der Waals surface area contributed by atoms with Gasteiger partial charge in [0.25, 0.3) is 0 Å². The molecule has 6 heteroatoms. The third kappa shape index (κ3) is 3.59. The summed E-state index contributed by atoms with van der Waals surface area (Å²) in [6.07, 6.45) is 0. The second-order valence-corrected chi connectivity index (χ2v) is 8.06. The van der Waals surface area contributed by atoms with E-state index in [9.17, 15) is 9.90 Å². The zero-order valence-electron chi connectivity index (χ0n) is 17.9. The van der Waals surface area contributed by atoms with Gasteiger partial charge in [-0.3, -0.25) is 4.90 Å². The highest BCUT2D eigenvalue weighted by Gasteiger charge is 2.21. The molecule has 0 radical (unpaired) electrons. The van der Waals surface area contributed by atoms with E-state index in [2.05, 4.69) is 17.0 Å². The third-order valence-electron chi connectivity index (χ3n) is 5.80. The van der Waals surface area contributed by atoms with Gasteiger partial charge in [0.05, 0.1) is 11.1 Å². The molecule has 2 heterocycles. The fourth-order valence-electron chi connectivity index (χ4n) is 4.22. The Balaban J connectivity index is 1.56. The topological polar surface area (TPSA) is 72.1 Å². The molecule has 1 aromatic heterocycles. The Kier molecular flexibility index (Phi) is 5.07. The standard InChI is InChI=1S/C26H23NO5/c1-16-19-9-10-21(28)20(14-27(2)13-17-6-4-3-5-7-17)25(19)32-26(29)24(16)18-8-11-22-23(12-18)31-15-30-22/h3-12,28H,13-15H2,1-2H3. The van der Waals surface area contributed by atoms with Crippen molar-refractivity contribution in [3.05, 3.63) is 87.8 Å². The largest absolute Gasteiger partial charge is 0.507 e.